The second-order valence-electron chi connectivity index (χ2n) is 7.70. The fraction of sp³-hybridized carbons (Fsp3) is 0.185. The second-order valence-corrected chi connectivity index (χ2v) is 7.70. The molecule has 0 unspecified atom stereocenters. The minimum Gasteiger partial charge on any atom is -0.423 e. The summed E-state index contributed by atoms with van der Waals surface area (Å²) in [6.45, 7) is 2.20. The highest BCUT2D eigenvalue weighted by Crippen LogP contribution is 2.18. The van der Waals surface area contributed by atoms with Crippen LogP contribution in [0.3, 0.4) is 0 Å². The molecule has 0 bridgehead atoms. The number of hydrogen-bond donors (Lipinski definition) is 2. The Bertz CT molecular complexity index is 1080. The first-order valence-electron chi connectivity index (χ1n) is 10.7. The summed E-state index contributed by atoms with van der Waals surface area (Å²) in [7, 11) is 0. The van der Waals surface area contributed by atoms with Crippen molar-refractivity contribution in [3.63, 3.8) is 0 Å². The number of ketones is 1. The molecule has 32 heavy (non-hydrogen) atoms. The van der Waals surface area contributed by atoms with Gasteiger partial charge in [0, 0.05) is 16.9 Å². The molecule has 0 atom stereocenters. The first kappa shape index (κ1) is 22.8. The molecule has 3 rings (SSSR count). The van der Waals surface area contributed by atoms with Gasteiger partial charge >= 0.3 is 5.97 Å². The molecule has 164 valence electrons. The van der Waals surface area contributed by atoms with Crippen molar-refractivity contribution in [3.8, 4) is 5.75 Å². The minimum absolute atomic E-state index is 0.126. The van der Waals surface area contributed by atoms with E-state index in [1.54, 1.807) is 42.5 Å². The first-order valence-corrected chi connectivity index (χ1v) is 10.7. The third-order valence-electron chi connectivity index (χ3n) is 5.04. The SMILES string of the molecule is CCCCCc1ccc(C=CC(=O)c2ccc(OC(=O)c3cc(N)cc(N)c3)cc2)cc1. The Balaban J connectivity index is 1.58. The summed E-state index contributed by atoms with van der Waals surface area (Å²) in [6.07, 6.45) is 8.08. The van der Waals surface area contributed by atoms with Crippen molar-refractivity contribution >= 4 is 29.2 Å². The number of unbranched alkanes of at least 4 members (excludes halogenated alkanes) is 2. The monoisotopic (exact) mass is 428 g/mol. The zero-order chi connectivity index (χ0) is 22.9. The van der Waals surface area contributed by atoms with Crippen LogP contribution in [0.1, 0.15) is 58.0 Å². The average Bonchev–Trinajstić information content (AvgIpc) is 2.78. The van der Waals surface area contributed by atoms with Crippen LogP contribution in [0.15, 0.2) is 72.8 Å². The van der Waals surface area contributed by atoms with E-state index in [-0.39, 0.29) is 11.3 Å². The molecule has 0 fully saturated rings. The summed E-state index contributed by atoms with van der Waals surface area (Å²) in [5.74, 6) is -0.366. The Morgan fingerprint density at radius 2 is 1.50 bits per heavy atom. The van der Waals surface area contributed by atoms with Crippen LogP contribution in [-0.4, -0.2) is 11.8 Å². The molecular weight excluding hydrogens is 400 g/mol. The van der Waals surface area contributed by atoms with E-state index in [1.807, 2.05) is 12.1 Å². The maximum atomic E-state index is 12.5. The molecule has 5 nitrogen and oxygen atoms in total. The van der Waals surface area contributed by atoms with Gasteiger partial charge in [-0.25, -0.2) is 4.79 Å². The number of esters is 1. The Hall–Kier alpha value is -3.86. The van der Waals surface area contributed by atoms with Gasteiger partial charge in [-0.3, -0.25) is 4.79 Å². The van der Waals surface area contributed by atoms with Gasteiger partial charge in [0.05, 0.1) is 5.56 Å². The smallest absolute Gasteiger partial charge is 0.343 e. The van der Waals surface area contributed by atoms with Crippen molar-refractivity contribution in [3.05, 3.63) is 95.1 Å². The zero-order valence-electron chi connectivity index (χ0n) is 18.2. The van der Waals surface area contributed by atoms with Gasteiger partial charge in [0.1, 0.15) is 5.75 Å². The number of hydrogen-bond acceptors (Lipinski definition) is 5. The molecular formula is C27H28N2O3. The lowest BCUT2D eigenvalue weighted by Crippen LogP contribution is -2.09. The zero-order valence-corrected chi connectivity index (χ0v) is 18.2. The number of aryl methyl sites for hydroxylation is 1. The van der Waals surface area contributed by atoms with Crippen LogP contribution < -0.4 is 16.2 Å². The van der Waals surface area contributed by atoms with Gasteiger partial charge < -0.3 is 16.2 Å². The van der Waals surface area contributed by atoms with Gasteiger partial charge in [-0.2, -0.15) is 0 Å². The van der Waals surface area contributed by atoms with Crippen molar-refractivity contribution in [2.75, 3.05) is 11.5 Å². The van der Waals surface area contributed by atoms with Crippen molar-refractivity contribution in [2.24, 2.45) is 0 Å². The molecule has 5 heteroatoms. The summed E-state index contributed by atoms with van der Waals surface area (Å²) < 4.78 is 5.34. The number of ether oxygens (including phenoxy) is 1. The number of nitrogen functional groups attached to an aromatic ring is 2. The van der Waals surface area contributed by atoms with Gasteiger partial charge in [-0.05, 0) is 72.5 Å². The van der Waals surface area contributed by atoms with Crippen LogP contribution >= 0.6 is 0 Å². The lowest BCUT2D eigenvalue weighted by molar-refractivity contribution is 0.0735. The largest absolute Gasteiger partial charge is 0.423 e. The second kappa shape index (κ2) is 11.0. The number of nitrogens with two attached hydrogens (primary N) is 2. The lowest BCUT2D eigenvalue weighted by Gasteiger charge is -2.06. The number of rotatable bonds is 9. The number of benzene rings is 3. The predicted octanol–water partition coefficient (Wildman–Crippen LogP) is 5.70. The molecule has 0 aliphatic rings. The molecule has 0 aliphatic carbocycles. The molecule has 4 N–H and O–H groups in total. The van der Waals surface area contributed by atoms with Crippen LogP contribution in [0, 0.1) is 0 Å². The topological polar surface area (TPSA) is 95.4 Å². The van der Waals surface area contributed by atoms with Crippen molar-refractivity contribution in [2.45, 2.75) is 32.6 Å². The van der Waals surface area contributed by atoms with Crippen molar-refractivity contribution in [1.29, 1.82) is 0 Å². The summed E-state index contributed by atoms with van der Waals surface area (Å²) in [5.41, 5.74) is 15.3. The van der Waals surface area contributed by atoms with Crippen LogP contribution in [0.25, 0.3) is 6.08 Å². The quantitative estimate of drug-likeness (QED) is 0.114. The fourth-order valence-corrected chi connectivity index (χ4v) is 3.29. The third-order valence-corrected chi connectivity index (χ3v) is 5.04. The highest BCUT2D eigenvalue weighted by atomic mass is 16.5. The van der Waals surface area contributed by atoms with Crippen LogP contribution in [0.4, 0.5) is 11.4 Å². The fourth-order valence-electron chi connectivity index (χ4n) is 3.29. The Morgan fingerprint density at radius 1 is 0.844 bits per heavy atom. The van der Waals surface area contributed by atoms with Gasteiger partial charge in [0.15, 0.2) is 5.78 Å². The van der Waals surface area contributed by atoms with Crippen LogP contribution in [0.5, 0.6) is 5.75 Å². The number of anilines is 2. The molecule has 0 heterocycles. The Morgan fingerprint density at radius 3 is 2.12 bits per heavy atom. The van der Waals surface area contributed by atoms with Crippen LogP contribution in [-0.2, 0) is 6.42 Å². The first-order chi connectivity index (χ1) is 15.4. The number of carbonyl (C=O) groups excluding carboxylic acids is 2. The molecule has 0 spiro atoms. The Labute approximate surface area is 188 Å². The summed E-state index contributed by atoms with van der Waals surface area (Å²) in [5, 5.41) is 0. The lowest BCUT2D eigenvalue weighted by atomic mass is 10.0. The molecule has 0 saturated carbocycles. The molecule has 0 aromatic heterocycles. The van der Waals surface area contributed by atoms with E-state index in [1.165, 1.54) is 37.0 Å². The molecule has 0 saturated heterocycles. The summed E-state index contributed by atoms with van der Waals surface area (Å²) >= 11 is 0. The third kappa shape index (κ3) is 6.57. The maximum Gasteiger partial charge on any atom is 0.343 e. The van der Waals surface area contributed by atoms with Crippen LogP contribution in [0.2, 0.25) is 0 Å². The normalized spacial score (nSPS) is 10.9. The molecule has 0 aliphatic heterocycles. The minimum atomic E-state index is -0.568. The van der Waals surface area contributed by atoms with E-state index in [4.69, 9.17) is 16.2 Å². The predicted molar refractivity (Wildman–Crippen MR) is 130 cm³/mol. The van der Waals surface area contributed by atoms with E-state index >= 15 is 0 Å². The molecule has 3 aromatic carbocycles. The standard InChI is InChI=1S/C27H28N2O3/c1-2-3-4-5-19-6-8-20(9-7-19)10-15-26(30)21-11-13-25(14-12-21)32-27(31)22-16-23(28)18-24(29)17-22/h6-18H,2-5,28-29H2,1H3. The highest BCUT2D eigenvalue weighted by Gasteiger charge is 2.11. The molecule has 0 amide bonds. The average molecular weight is 429 g/mol. The number of carbonyl (C=O) groups is 2. The van der Waals surface area contributed by atoms with Gasteiger partial charge in [0.2, 0.25) is 0 Å². The summed E-state index contributed by atoms with van der Waals surface area (Å²) in [4.78, 5) is 24.7. The highest BCUT2D eigenvalue weighted by molar-refractivity contribution is 6.06. The molecule has 0 radical (unpaired) electrons. The van der Waals surface area contributed by atoms with Crippen molar-refractivity contribution in [1.82, 2.24) is 0 Å². The van der Waals surface area contributed by atoms with Gasteiger partial charge in [-0.1, -0.05) is 50.1 Å². The van der Waals surface area contributed by atoms with E-state index in [9.17, 15) is 9.59 Å². The van der Waals surface area contributed by atoms with E-state index in [0.29, 0.717) is 22.7 Å². The van der Waals surface area contributed by atoms with Gasteiger partial charge in [-0.15, -0.1) is 0 Å². The van der Waals surface area contributed by atoms with Gasteiger partial charge in [0.25, 0.3) is 0 Å². The Kier molecular flexibility index (Phi) is 7.81. The van der Waals surface area contributed by atoms with E-state index in [2.05, 4.69) is 19.1 Å². The maximum absolute atomic E-state index is 12.5. The van der Waals surface area contributed by atoms with E-state index < -0.39 is 5.97 Å². The summed E-state index contributed by atoms with van der Waals surface area (Å²) in [6, 6.07) is 19.2. The molecule has 3 aromatic rings. The van der Waals surface area contributed by atoms with Crippen molar-refractivity contribution < 1.29 is 14.3 Å². The number of allylic oxidation sites excluding steroid dienone is 1. The van der Waals surface area contributed by atoms with E-state index in [0.717, 1.165) is 12.0 Å².